The van der Waals surface area contributed by atoms with Gasteiger partial charge in [0.15, 0.2) is 0 Å². The Morgan fingerprint density at radius 3 is 2.65 bits per heavy atom. The molecule has 1 heterocycles. The second-order valence-corrected chi connectivity index (χ2v) is 5.61. The molecule has 1 N–H and O–H groups in total. The summed E-state index contributed by atoms with van der Waals surface area (Å²) in [5, 5.41) is 3.23. The number of halogens is 2. The lowest BCUT2D eigenvalue weighted by Crippen LogP contribution is -2.08. The molecule has 0 saturated carbocycles. The van der Waals surface area contributed by atoms with E-state index in [1.165, 1.54) is 0 Å². The van der Waals surface area contributed by atoms with Gasteiger partial charge in [-0.2, -0.15) is 0 Å². The number of nitrogens with one attached hydrogen (secondary N) is 1. The standard InChI is InChI=1S/C17H21F2N3O/c1-11(2)17-21-12(3)7-16(22-17)20-9-13-5-4-6-14(8-13)23-10-15(18)19/h4-8,11,15H,9-10H2,1-3H3,(H,20,21,22). The van der Waals surface area contributed by atoms with E-state index in [0.29, 0.717) is 12.3 Å². The van der Waals surface area contributed by atoms with E-state index in [2.05, 4.69) is 15.3 Å². The van der Waals surface area contributed by atoms with E-state index >= 15 is 0 Å². The van der Waals surface area contributed by atoms with Crippen molar-refractivity contribution in [2.45, 2.75) is 39.7 Å². The van der Waals surface area contributed by atoms with E-state index < -0.39 is 13.0 Å². The van der Waals surface area contributed by atoms with Gasteiger partial charge in [0.2, 0.25) is 0 Å². The predicted molar refractivity (Wildman–Crippen MR) is 86.1 cm³/mol. The van der Waals surface area contributed by atoms with E-state index in [-0.39, 0.29) is 5.92 Å². The van der Waals surface area contributed by atoms with Gasteiger partial charge in [0.1, 0.15) is 24.0 Å². The number of ether oxygens (including phenoxy) is 1. The van der Waals surface area contributed by atoms with Crippen LogP contribution in [-0.2, 0) is 6.54 Å². The Morgan fingerprint density at radius 2 is 1.96 bits per heavy atom. The fourth-order valence-electron chi connectivity index (χ4n) is 2.04. The van der Waals surface area contributed by atoms with Crippen molar-refractivity contribution in [3.8, 4) is 5.75 Å². The Labute approximate surface area is 134 Å². The molecular weight excluding hydrogens is 300 g/mol. The average molecular weight is 321 g/mol. The summed E-state index contributed by atoms with van der Waals surface area (Å²) in [5.74, 6) is 2.23. The molecular formula is C17H21F2N3O. The van der Waals surface area contributed by atoms with Crippen LogP contribution in [0.15, 0.2) is 30.3 Å². The third kappa shape index (κ3) is 5.47. The summed E-state index contributed by atoms with van der Waals surface area (Å²) in [5.41, 5.74) is 1.83. The van der Waals surface area contributed by atoms with Crippen molar-refractivity contribution in [2.24, 2.45) is 0 Å². The van der Waals surface area contributed by atoms with Crippen LogP contribution in [-0.4, -0.2) is 23.0 Å². The van der Waals surface area contributed by atoms with Crippen molar-refractivity contribution in [3.05, 3.63) is 47.4 Å². The lowest BCUT2D eigenvalue weighted by atomic mass is 10.2. The normalized spacial score (nSPS) is 11.1. The molecule has 0 aliphatic heterocycles. The number of benzene rings is 1. The van der Waals surface area contributed by atoms with Gasteiger partial charge in [0.05, 0.1) is 0 Å². The highest BCUT2D eigenvalue weighted by Crippen LogP contribution is 2.17. The maximum absolute atomic E-state index is 12.2. The second kappa shape index (κ2) is 7.85. The third-order valence-electron chi connectivity index (χ3n) is 3.14. The van der Waals surface area contributed by atoms with Crippen molar-refractivity contribution >= 4 is 5.82 Å². The van der Waals surface area contributed by atoms with Gasteiger partial charge in [0, 0.05) is 24.2 Å². The average Bonchev–Trinajstić information content (AvgIpc) is 2.51. The first-order valence-electron chi connectivity index (χ1n) is 7.53. The molecule has 1 aromatic heterocycles. The van der Waals surface area contributed by atoms with Crippen LogP contribution in [0.25, 0.3) is 0 Å². The third-order valence-corrected chi connectivity index (χ3v) is 3.14. The Hall–Kier alpha value is -2.24. The lowest BCUT2D eigenvalue weighted by Gasteiger charge is -2.11. The minimum Gasteiger partial charge on any atom is -0.488 e. The van der Waals surface area contributed by atoms with Crippen LogP contribution in [0.3, 0.4) is 0 Å². The number of hydrogen-bond donors (Lipinski definition) is 1. The predicted octanol–water partition coefficient (Wildman–Crippen LogP) is 4.16. The van der Waals surface area contributed by atoms with Crippen LogP contribution < -0.4 is 10.1 Å². The fraction of sp³-hybridized carbons (Fsp3) is 0.412. The first kappa shape index (κ1) is 17.1. The summed E-state index contributed by atoms with van der Waals surface area (Å²) in [6.45, 7) is 5.95. The van der Waals surface area contributed by atoms with Crippen LogP contribution in [0.5, 0.6) is 5.75 Å². The Balaban J connectivity index is 2.02. The molecule has 0 spiro atoms. The highest BCUT2D eigenvalue weighted by atomic mass is 19.3. The van der Waals surface area contributed by atoms with Crippen molar-refractivity contribution in [3.63, 3.8) is 0 Å². The summed E-state index contributed by atoms with van der Waals surface area (Å²) in [7, 11) is 0. The second-order valence-electron chi connectivity index (χ2n) is 5.61. The molecule has 2 aromatic rings. The van der Waals surface area contributed by atoms with Crippen LogP contribution in [0, 0.1) is 6.92 Å². The van der Waals surface area contributed by atoms with Gasteiger partial charge < -0.3 is 10.1 Å². The van der Waals surface area contributed by atoms with Crippen molar-refractivity contribution in [1.82, 2.24) is 9.97 Å². The minimum atomic E-state index is -2.48. The Morgan fingerprint density at radius 1 is 1.17 bits per heavy atom. The quantitative estimate of drug-likeness (QED) is 0.831. The SMILES string of the molecule is Cc1cc(NCc2cccc(OCC(F)F)c2)nc(C(C)C)n1. The zero-order valence-corrected chi connectivity index (χ0v) is 13.5. The van der Waals surface area contributed by atoms with Crippen molar-refractivity contribution in [1.29, 1.82) is 0 Å². The highest BCUT2D eigenvalue weighted by Gasteiger charge is 2.07. The lowest BCUT2D eigenvalue weighted by molar-refractivity contribution is 0.0818. The minimum absolute atomic E-state index is 0.251. The molecule has 4 nitrogen and oxygen atoms in total. The molecule has 6 heteroatoms. The maximum Gasteiger partial charge on any atom is 0.272 e. The molecule has 0 radical (unpaired) electrons. The zero-order chi connectivity index (χ0) is 16.8. The number of hydrogen-bond acceptors (Lipinski definition) is 4. The molecule has 124 valence electrons. The first-order valence-corrected chi connectivity index (χ1v) is 7.53. The van der Waals surface area contributed by atoms with Crippen molar-refractivity contribution < 1.29 is 13.5 Å². The van der Waals surface area contributed by atoms with E-state index in [9.17, 15) is 8.78 Å². The van der Waals surface area contributed by atoms with Gasteiger partial charge in [-0.1, -0.05) is 26.0 Å². The van der Waals surface area contributed by atoms with Crippen molar-refractivity contribution in [2.75, 3.05) is 11.9 Å². The number of aromatic nitrogens is 2. The number of nitrogens with zero attached hydrogens (tertiary/aromatic N) is 2. The van der Waals surface area contributed by atoms with Gasteiger partial charge in [-0.3, -0.25) is 0 Å². The molecule has 0 bridgehead atoms. The smallest absolute Gasteiger partial charge is 0.272 e. The number of rotatable bonds is 7. The maximum atomic E-state index is 12.2. The molecule has 1 aromatic carbocycles. The molecule has 0 aliphatic carbocycles. The Kier molecular flexibility index (Phi) is 5.84. The molecule has 2 rings (SSSR count). The molecule has 0 aliphatic rings. The fourth-order valence-corrected chi connectivity index (χ4v) is 2.04. The molecule has 0 atom stereocenters. The summed E-state index contributed by atoms with van der Waals surface area (Å²) < 4.78 is 29.4. The topological polar surface area (TPSA) is 47.0 Å². The summed E-state index contributed by atoms with van der Waals surface area (Å²) in [6, 6.07) is 8.97. The summed E-state index contributed by atoms with van der Waals surface area (Å²) in [4.78, 5) is 8.88. The number of alkyl halides is 2. The first-order chi connectivity index (χ1) is 10.9. The van der Waals surface area contributed by atoms with Crippen LogP contribution in [0.2, 0.25) is 0 Å². The molecule has 0 unspecified atom stereocenters. The monoisotopic (exact) mass is 321 g/mol. The zero-order valence-electron chi connectivity index (χ0n) is 13.5. The molecule has 0 fully saturated rings. The van der Waals surface area contributed by atoms with Gasteiger partial charge in [-0.05, 0) is 24.6 Å². The van der Waals surface area contributed by atoms with Gasteiger partial charge in [-0.15, -0.1) is 0 Å². The number of anilines is 1. The summed E-state index contributed by atoms with van der Waals surface area (Å²) in [6.07, 6.45) is -2.48. The highest BCUT2D eigenvalue weighted by molar-refractivity contribution is 5.38. The van der Waals surface area contributed by atoms with Crippen LogP contribution >= 0.6 is 0 Å². The molecule has 0 saturated heterocycles. The van der Waals surface area contributed by atoms with Crippen LogP contribution in [0.4, 0.5) is 14.6 Å². The largest absolute Gasteiger partial charge is 0.488 e. The van der Waals surface area contributed by atoms with E-state index in [4.69, 9.17) is 4.74 Å². The number of aryl methyl sites for hydroxylation is 1. The van der Waals surface area contributed by atoms with Crippen LogP contribution in [0.1, 0.15) is 36.8 Å². The molecule has 23 heavy (non-hydrogen) atoms. The summed E-state index contributed by atoms with van der Waals surface area (Å²) >= 11 is 0. The van der Waals surface area contributed by atoms with Gasteiger partial charge >= 0.3 is 0 Å². The Bertz CT molecular complexity index is 647. The van der Waals surface area contributed by atoms with E-state index in [1.807, 2.05) is 32.9 Å². The van der Waals surface area contributed by atoms with Gasteiger partial charge in [-0.25, -0.2) is 18.7 Å². The molecule has 0 amide bonds. The van der Waals surface area contributed by atoms with E-state index in [1.54, 1.807) is 18.2 Å². The van der Waals surface area contributed by atoms with E-state index in [0.717, 1.165) is 22.9 Å². The van der Waals surface area contributed by atoms with Gasteiger partial charge in [0.25, 0.3) is 6.43 Å².